The summed E-state index contributed by atoms with van der Waals surface area (Å²) in [6.07, 6.45) is -5.34. The highest BCUT2D eigenvalue weighted by molar-refractivity contribution is 5.89. The fourth-order valence-electron chi connectivity index (χ4n) is 1.75. The molecule has 112 valence electrons. The van der Waals surface area contributed by atoms with Gasteiger partial charge in [0.05, 0.1) is 11.7 Å². The predicted octanol–water partition coefficient (Wildman–Crippen LogP) is 2.31. The van der Waals surface area contributed by atoms with E-state index in [9.17, 15) is 23.1 Å². The van der Waals surface area contributed by atoms with Crippen LogP contribution in [0.4, 0.5) is 18.9 Å². The Kier molecular flexibility index (Phi) is 5.52. The van der Waals surface area contributed by atoms with Gasteiger partial charge in [-0.25, -0.2) is 0 Å². The van der Waals surface area contributed by atoms with E-state index in [1.807, 2.05) is 0 Å². The molecule has 1 aromatic rings. The van der Waals surface area contributed by atoms with Crippen LogP contribution in [0.5, 0.6) is 0 Å². The Hall–Kier alpha value is -1.60. The second-order valence-corrected chi connectivity index (χ2v) is 4.39. The molecule has 1 aromatic carbocycles. The summed E-state index contributed by atoms with van der Waals surface area (Å²) >= 11 is 0. The van der Waals surface area contributed by atoms with Crippen molar-refractivity contribution in [1.82, 2.24) is 5.32 Å². The SMILES string of the molecule is CNCCC(O)c1cc(C(F)(F)F)ccc1NC(C)=O. The summed E-state index contributed by atoms with van der Waals surface area (Å²) < 4.78 is 38.1. The van der Waals surface area contributed by atoms with Crippen LogP contribution in [0.15, 0.2) is 18.2 Å². The second kappa shape index (κ2) is 6.71. The molecule has 4 nitrogen and oxygen atoms in total. The van der Waals surface area contributed by atoms with Gasteiger partial charge in [-0.3, -0.25) is 4.79 Å². The van der Waals surface area contributed by atoms with E-state index in [0.717, 1.165) is 18.2 Å². The van der Waals surface area contributed by atoms with Gasteiger partial charge in [-0.2, -0.15) is 13.2 Å². The zero-order valence-electron chi connectivity index (χ0n) is 11.2. The quantitative estimate of drug-likeness (QED) is 0.780. The van der Waals surface area contributed by atoms with Gasteiger partial charge in [0, 0.05) is 18.2 Å². The Bertz CT molecular complexity index is 475. The Morgan fingerprint density at radius 2 is 2.05 bits per heavy atom. The van der Waals surface area contributed by atoms with E-state index in [0.29, 0.717) is 6.54 Å². The summed E-state index contributed by atoms with van der Waals surface area (Å²) in [4.78, 5) is 11.1. The molecule has 1 rings (SSSR count). The number of halogens is 3. The van der Waals surface area contributed by atoms with Gasteiger partial charge < -0.3 is 15.7 Å². The number of anilines is 1. The molecule has 0 saturated carbocycles. The number of amides is 1. The van der Waals surface area contributed by atoms with Crippen molar-refractivity contribution >= 4 is 11.6 Å². The van der Waals surface area contributed by atoms with Crippen molar-refractivity contribution in [2.75, 3.05) is 18.9 Å². The standard InChI is InChI=1S/C13H17F3N2O2/c1-8(19)18-11-4-3-9(13(14,15)16)7-10(11)12(20)5-6-17-2/h3-4,7,12,17,20H,5-6H2,1-2H3,(H,18,19). The molecule has 1 unspecified atom stereocenters. The van der Waals surface area contributed by atoms with Crippen molar-refractivity contribution in [1.29, 1.82) is 0 Å². The van der Waals surface area contributed by atoms with Gasteiger partial charge >= 0.3 is 6.18 Å². The number of alkyl halides is 3. The summed E-state index contributed by atoms with van der Waals surface area (Å²) in [6.45, 7) is 1.69. The lowest BCUT2D eigenvalue weighted by atomic mass is 10.0. The number of carbonyl (C=O) groups excluding carboxylic acids is 1. The zero-order valence-corrected chi connectivity index (χ0v) is 11.2. The molecule has 0 fully saturated rings. The third kappa shape index (κ3) is 4.50. The van der Waals surface area contributed by atoms with Crippen LogP contribution in [-0.2, 0) is 11.0 Å². The molecule has 0 heterocycles. The second-order valence-electron chi connectivity index (χ2n) is 4.39. The average Bonchev–Trinajstić information content (AvgIpc) is 2.34. The summed E-state index contributed by atoms with van der Waals surface area (Å²) in [5.74, 6) is -0.410. The van der Waals surface area contributed by atoms with Crippen LogP contribution in [-0.4, -0.2) is 24.6 Å². The minimum Gasteiger partial charge on any atom is -0.388 e. The lowest BCUT2D eigenvalue weighted by molar-refractivity contribution is -0.137. The molecule has 0 saturated heterocycles. The molecule has 0 aliphatic carbocycles. The van der Waals surface area contributed by atoms with E-state index in [-0.39, 0.29) is 17.7 Å². The molecule has 7 heteroatoms. The topological polar surface area (TPSA) is 61.4 Å². The Morgan fingerprint density at radius 1 is 1.40 bits per heavy atom. The van der Waals surface area contributed by atoms with Crippen molar-refractivity contribution in [3.8, 4) is 0 Å². The lowest BCUT2D eigenvalue weighted by Gasteiger charge is -2.18. The zero-order chi connectivity index (χ0) is 15.3. The molecule has 0 aliphatic heterocycles. The summed E-state index contributed by atoms with van der Waals surface area (Å²) in [5.41, 5.74) is -0.607. The summed E-state index contributed by atoms with van der Waals surface area (Å²) in [6, 6.07) is 2.90. The first-order valence-electron chi connectivity index (χ1n) is 6.07. The summed E-state index contributed by atoms with van der Waals surface area (Å²) in [5, 5.41) is 15.2. The van der Waals surface area contributed by atoms with Gasteiger partial charge in [0.1, 0.15) is 0 Å². The fraction of sp³-hybridized carbons (Fsp3) is 0.462. The maximum atomic E-state index is 12.7. The smallest absolute Gasteiger partial charge is 0.388 e. The molecular weight excluding hydrogens is 273 g/mol. The molecule has 0 radical (unpaired) electrons. The lowest BCUT2D eigenvalue weighted by Crippen LogP contribution is -2.16. The first-order valence-corrected chi connectivity index (χ1v) is 6.07. The normalized spacial score (nSPS) is 13.1. The van der Waals surface area contributed by atoms with Crippen LogP contribution in [0.2, 0.25) is 0 Å². The molecule has 3 N–H and O–H groups in total. The van der Waals surface area contributed by atoms with Crippen molar-refractivity contribution < 1.29 is 23.1 Å². The number of benzene rings is 1. The van der Waals surface area contributed by atoms with Crippen LogP contribution < -0.4 is 10.6 Å². The highest BCUT2D eigenvalue weighted by atomic mass is 19.4. The van der Waals surface area contributed by atoms with Gasteiger partial charge in [-0.05, 0) is 38.2 Å². The predicted molar refractivity (Wildman–Crippen MR) is 69.3 cm³/mol. The number of hydrogen-bond acceptors (Lipinski definition) is 3. The van der Waals surface area contributed by atoms with E-state index in [1.165, 1.54) is 6.92 Å². The molecular formula is C13H17F3N2O2. The molecule has 20 heavy (non-hydrogen) atoms. The van der Waals surface area contributed by atoms with Crippen LogP contribution in [0.3, 0.4) is 0 Å². The Balaban J connectivity index is 3.15. The fourth-order valence-corrected chi connectivity index (χ4v) is 1.75. The van der Waals surface area contributed by atoms with Crippen molar-refractivity contribution in [2.24, 2.45) is 0 Å². The van der Waals surface area contributed by atoms with Crippen LogP contribution in [0.25, 0.3) is 0 Å². The van der Waals surface area contributed by atoms with Crippen molar-refractivity contribution in [3.05, 3.63) is 29.3 Å². The maximum absolute atomic E-state index is 12.7. The minimum absolute atomic E-state index is 0.0604. The highest BCUT2D eigenvalue weighted by Crippen LogP contribution is 2.34. The number of rotatable bonds is 5. The van der Waals surface area contributed by atoms with E-state index < -0.39 is 23.8 Å². The molecule has 0 aromatic heterocycles. The van der Waals surface area contributed by atoms with Gasteiger partial charge in [0.2, 0.25) is 5.91 Å². The third-order valence-electron chi connectivity index (χ3n) is 2.72. The number of aliphatic hydroxyl groups excluding tert-OH is 1. The Morgan fingerprint density at radius 3 is 2.55 bits per heavy atom. The van der Waals surface area contributed by atoms with Gasteiger partial charge in [-0.15, -0.1) is 0 Å². The molecule has 0 bridgehead atoms. The number of nitrogens with one attached hydrogen (secondary N) is 2. The van der Waals surface area contributed by atoms with E-state index in [4.69, 9.17) is 0 Å². The number of carbonyl (C=O) groups is 1. The van der Waals surface area contributed by atoms with E-state index in [2.05, 4.69) is 10.6 Å². The molecule has 1 atom stereocenters. The summed E-state index contributed by atoms with van der Waals surface area (Å²) in [7, 11) is 1.67. The Labute approximate surface area is 115 Å². The van der Waals surface area contributed by atoms with Gasteiger partial charge in [0.25, 0.3) is 0 Å². The molecule has 0 spiro atoms. The number of aliphatic hydroxyl groups is 1. The van der Waals surface area contributed by atoms with Gasteiger partial charge in [0.15, 0.2) is 0 Å². The largest absolute Gasteiger partial charge is 0.416 e. The minimum atomic E-state index is -4.49. The average molecular weight is 290 g/mol. The van der Waals surface area contributed by atoms with Crippen molar-refractivity contribution in [2.45, 2.75) is 25.6 Å². The monoisotopic (exact) mass is 290 g/mol. The third-order valence-corrected chi connectivity index (χ3v) is 2.72. The van der Waals surface area contributed by atoms with Crippen LogP contribution in [0, 0.1) is 0 Å². The maximum Gasteiger partial charge on any atom is 0.416 e. The molecule has 1 amide bonds. The van der Waals surface area contributed by atoms with Gasteiger partial charge in [-0.1, -0.05) is 0 Å². The first kappa shape index (κ1) is 16.5. The molecule has 0 aliphatic rings. The van der Waals surface area contributed by atoms with E-state index >= 15 is 0 Å². The highest BCUT2D eigenvalue weighted by Gasteiger charge is 2.31. The van der Waals surface area contributed by atoms with Crippen LogP contribution >= 0.6 is 0 Å². The van der Waals surface area contributed by atoms with Crippen LogP contribution in [0.1, 0.15) is 30.6 Å². The number of hydrogen-bond donors (Lipinski definition) is 3. The van der Waals surface area contributed by atoms with Crippen molar-refractivity contribution in [3.63, 3.8) is 0 Å². The van der Waals surface area contributed by atoms with E-state index in [1.54, 1.807) is 7.05 Å². The first-order chi connectivity index (χ1) is 9.25.